The highest BCUT2D eigenvalue weighted by atomic mass is 35.5. The summed E-state index contributed by atoms with van der Waals surface area (Å²) in [5, 5.41) is 6.05. The average molecular weight is 408 g/mol. The van der Waals surface area contributed by atoms with Crippen LogP contribution in [0.2, 0.25) is 0 Å². The van der Waals surface area contributed by atoms with Gasteiger partial charge in [-0.1, -0.05) is 13.3 Å². The maximum absolute atomic E-state index is 12.7. The second-order valence-corrected chi connectivity index (χ2v) is 8.95. The summed E-state index contributed by atoms with van der Waals surface area (Å²) in [5.74, 6) is 1.02. The van der Waals surface area contributed by atoms with Crippen LogP contribution in [0.25, 0.3) is 0 Å². The molecule has 5 nitrogen and oxygen atoms in total. The molecule has 28 heavy (non-hydrogen) atoms. The molecular formula is C22H34ClN3O2. The van der Waals surface area contributed by atoms with E-state index in [0.717, 1.165) is 37.8 Å². The van der Waals surface area contributed by atoms with E-state index in [1.54, 1.807) is 24.3 Å². The molecule has 1 aromatic rings. The number of halogens is 1. The maximum Gasteiger partial charge on any atom is 0.251 e. The fraction of sp³-hybridized carbons (Fsp3) is 0.636. The second-order valence-electron chi connectivity index (χ2n) is 8.95. The van der Waals surface area contributed by atoms with Crippen LogP contribution in [0.4, 0.5) is 5.69 Å². The van der Waals surface area contributed by atoms with Gasteiger partial charge in [0.25, 0.3) is 5.91 Å². The summed E-state index contributed by atoms with van der Waals surface area (Å²) >= 11 is 0. The van der Waals surface area contributed by atoms with E-state index in [-0.39, 0.29) is 41.7 Å². The maximum atomic E-state index is 12.7. The Kier molecular flexibility index (Phi) is 7.52. The van der Waals surface area contributed by atoms with E-state index in [2.05, 4.69) is 10.6 Å². The molecule has 0 spiro atoms. The highest BCUT2D eigenvalue weighted by Crippen LogP contribution is 2.42. The molecular weight excluding hydrogens is 374 g/mol. The number of rotatable bonds is 5. The summed E-state index contributed by atoms with van der Waals surface area (Å²) in [5.41, 5.74) is 7.44. The minimum Gasteiger partial charge on any atom is -0.347 e. The van der Waals surface area contributed by atoms with Crippen molar-refractivity contribution in [2.45, 2.75) is 70.9 Å². The third-order valence-electron chi connectivity index (χ3n) is 6.53. The van der Waals surface area contributed by atoms with Crippen LogP contribution >= 0.6 is 12.4 Å². The molecule has 0 heterocycles. The molecule has 2 atom stereocenters. The van der Waals surface area contributed by atoms with Gasteiger partial charge in [0.1, 0.15) is 0 Å². The molecule has 0 saturated heterocycles. The predicted octanol–water partition coefficient (Wildman–Crippen LogP) is 4.12. The molecule has 0 radical (unpaired) electrons. The van der Waals surface area contributed by atoms with E-state index in [1.807, 2.05) is 20.8 Å². The molecule has 1 aromatic carbocycles. The van der Waals surface area contributed by atoms with Crippen LogP contribution in [-0.2, 0) is 4.79 Å². The molecule has 2 aliphatic carbocycles. The number of fused-ring (bicyclic) bond motifs is 2. The molecule has 4 N–H and O–H groups in total. The summed E-state index contributed by atoms with van der Waals surface area (Å²) < 4.78 is 0. The molecule has 2 aliphatic rings. The largest absolute Gasteiger partial charge is 0.347 e. The van der Waals surface area contributed by atoms with Crippen molar-refractivity contribution in [3.05, 3.63) is 29.8 Å². The smallest absolute Gasteiger partial charge is 0.251 e. The molecule has 2 fully saturated rings. The molecule has 2 bridgehead atoms. The Morgan fingerprint density at radius 3 is 2.21 bits per heavy atom. The van der Waals surface area contributed by atoms with E-state index in [0.29, 0.717) is 17.4 Å². The van der Waals surface area contributed by atoms with E-state index in [1.165, 1.54) is 6.42 Å². The second kappa shape index (κ2) is 9.27. The summed E-state index contributed by atoms with van der Waals surface area (Å²) in [6, 6.07) is 7.42. The van der Waals surface area contributed by atoms with E-state index in [4.69, 9.17) is 5.73 Å². The highest BCUT2D eigenvalue weighted by Gasteiger charge is 2.40. The van der Waals surface area contributed by atoms with Gasteiger partial charge in [-0.05, 0) is 82.1 Å². The number of benzene rings is 1. The molecule has 2 unspecified atom stereocenters. The molecule has 6 heteroatoms. The Hall–Kier alpha value is -1.59. The van der Waals surface area contributed by atoms with Crippen molar-refractivity contribution in [1.29, 1.82) is 0 Å². The van der Waals surface area contributed by atoms with Crippen molar-refractivity contribution in [2.75, 3.05) is 5.32 Å². The third kappa shape index (κ3) is 5.26. The van der Waals surface area contributed by atoms with E-state index >= 15 is 0 Å². The molecule has 2 amide bonds. The number of carbonyl (C=O) groups excluding carboxylic acids is 2. The van der Waals surface area contributed by atoms with E-state index in [9.17, 15) is 9.59 Å². The lowest BCUT2D eigenvalue weighted by molar-refractivity contribution is -0.122. The predicted molar refractivity (Wildman–Crippen MR) is 116 cm³/mol. The zero-order valence-corrected chi connectivity index (χ0v) is 18.0. The first-order chi connectivity index (χ1) is 12.8. The Morgan fingerprint density at radius 2 is 1.68 bits per heavy atom. The molecule has 0 aromatic heterocycles. The number of amides is 2. The summed E-state index contributed by atoms with van der Waals surface area (Å²) in [6.45, 7) is 6.06. The first kappa shape index (κ1) is 22.7. The topological polar surface area (TPSA) is 84.2 Å². The number of nitrogens with one attached hydrogen (secondary N) is 2. The molecule has 156 valence electrons. The number of hydrogen-bond donors (Lipinski definition) is 3. The standard InChI is InChI=1S/C22H33N3O2.ClH/c1-4-22(2,3)25-21(27)14-8-10-18(11-9-14)24-20(26)17-12-15-6-5-7-16(13-17)19(15)23;/h8-11,15-17,19H,4-7,12-13,23H2,1-3H3,(H,24,26)(H,25,27);1H. The first-order valence-electron chi connectivity index (χ1n) is 10.3. The quantitative estimate of drug-likeness (QED) is 0.686. The van der Waals surface area contributed by atoms with Crippen LogP contribution in [0.1, 0.15) is 69.7 Å². The molecule has 2 saturated carbocycles. The minimum atomic E-state index is -0.232. The Labute approximate surface area is 174 Å². The van der Waals surface area contributed by atoms with Gasteiger partial charge in [0, 0.05) is 28.7 Å². The SMILES string of the molecule is CCC(C)(C)NC(=O)c1ccc(NC(=O)C2CC3CCCC(C2)C3N)cc1.Cl. The van der Waals surface area contributed by atoms with Gasteiger partial charge in [-0.25, -0.2) is 0 Å². The fourth-order valence-corrected chi connectivity index (χ4v) is 4.42. The van der Waals surface area contributed by atoms with Gasteiger partial charge in [0.2, 0.25) is 5.91 Å². The number of carbonyl (C=O) groups is 2. The highest BCUT2D eigenvalue weighted by molar-refractivity contribution is 5.96. The Bertz CT molecular complexity index is 676. The van der Waals surface area contributed by atoms with Crippen LogP contribution in [0.3, 0.4) is 0 Å². The zero-order chi connectivity index (χ0) is 19.6. The van der Waals surface area contributed by atoms with Gasteiger partial charge in [-0.2, -0.15) is 0 Å². The van der Waals surface area contributed by atoms with Crippen LogP contribution in [0, 0.1) is 17.8 Å². The third-order valence-corrected chi connectivity index (χ3v) is 6.53. The Balaban J connectivity index is 0.00000280. The van der Waals surface area contributed by atoms with Gasteiger partial charge < -0.3 is 16.4 Å². The van der Waals surface area contributed by atoms with Crippen LogP contribution in [0.5, 0.6) is 0 Å². The minimum absolute atomic E-state index is 0. The normalized spacial score (nSPS) is 26.7. The van der Waals surface area contributed by atoms with Gasteiger partial charge in [0.15, 0.2) is 0 Å². The first-order valence-corrected chi connectivity index (χ1v) is 10.3. The van der Waals surface area contributed by atoms with Crippen LogP contribution in [-0.4, -0.2) is 23.4 Å². The summed E-state index contributed by atoms with van der Waals surface area (Å²) in [7, 11) is 0. The number of anilines is 1. The lowest BCUT2D eigenvalue weighted by Gasteiger charge is -2.43. The fourth-order valence-electron chi connectivity index (χ4n) is 4.42. The number of nitrogens with two attached hydrogens (primary N) is 1. The van der Waals surface area contributed by atoms with Crippen molar-refractivity contribution in [1.82, 2.24) is 5.32 Å². The lowest BCUT2D eigenvalue weighted by Crippen LogP contribution is -2.48. The Morgan fingerprint density at radius 1 is 1.11 bits per heavy atom. The summed E-state index contributed by atoms with van der Waals surface area (Å²) in [4.78, 5) is 25.1. The monoisotopic (exact) mass is 407 g/mol. The zero-order valence-electron chi connectivity index (χ0n) is 17.2. The van der Waals surface area contributed by atoms with Crippen molar-refractivity contribution >= 4 is 29.9 Å². The van der Waals surface area contributed by atoms with Gasteiger partial charge in [-0.15, -0.1) is 12.4 Å². The molecule has 0 aliphatic heterocycles. The van der Waals surface area contributed by atoms with Crippen molar-refractivity contribution in [3.63, 3.8) is 0 Å². The summed E-state index contributed by atoms with van der Waals surface area (Å²) in [6.07, 6.45) is 6.21. The van der Waals surface area contributed by atoms with Crippen molar-refractivity contribution in [3.8, 4) is 0 Å². The van der Waals surface area contributed by atoms with Crippen LogP contribution in [0.15, 0.2) is 24.3 Å². The van der Waals surface area contributed by atoms with Crippen molar-refractivity contribution < 1.29 is 9.59 Å². The molecule has 3 rings (SSSR count). The van der Waals surface area contributed by atoms with Gasteiger partial charge >= 0.3 is 0 Å². The van der Waals surface area contributed by atoms with Crippen molar-refractivity contribution in [2.24, 2.45) is 23.5 Å². The van der Waals surface area contributed by atoms with Gasteiger partial charge in [-0.3, -0.25) is 9.59 Å². The number of hydrogen-bond acceptors (Lipinski definition) is 3. The van der Waals surface area contributed by atoms with E-state index < -0.39 is 0 Å². The van der Waals surface area contributed by atoms with Gasteiger partial charge in [0.05, 0.1) is 0 Å². The van der Waals surface area contributed by atoms with Crippen LogP contribution < -0.4 is 16.4 Å². The average Bonchev–Trinajstić information content (AvgIpc) is 2.61. The lowest BCUT2D eigenvalue weighted by atomic mass is 9.65.